The third kappa shape index (κ3) is 3.73. The second-order valence-electron chi connectivity index (χ2n) is 3.90. The lowest BCUT2D eigenvalue weighted by atomic mass is 10.00. The lowest BCUT2D eigenvalue weighted by Crippen LogP contribution is -2.46. The largest absolute Gasteiger partial charge is 0.380 e. The summed E-state index contributed by atoms with van der Waals surface area (Å²) in [5.41, 5.74) is 3.03. The monoisotopic (exact) mass is 244 g/mol. The van der Waals surface area contributed by atoms with Gasteiger partial charge in [-0.1, -0.05) is 13.0 Å². The van der Waals surface area contributed by atoms with Crippen LogP contribution in [0.2, 0.25) is 0 Å². The highest BCUT2D eigenvalue weighted by atomic mass is 19.1. The fourth-order valence-corrected chi connectivity index (χ4v) is 1.84. The summed E-state index contributed by atoms with van der Waals surface area (Å²) < 4.78 is 31.5. The van der Waals surface area contributed by atoms with Crippen molar-refractivity contribution in [3.05, 3.63) is 35.4 Å². The van der Waals surface area contributed by atoms with Gasteiger partial charge < -0.3 is 4.74 Å². The first kappa shape index (κ1) is 14.0. The van der Waals surface area contributed by atoms with Crippen LogP contribution in [-0.4, -0.2) is 19.3 Å². The Morgan fingerprint density at radius 3 is 2.59 bits per heavy atom. The minimum atomic E-state index is -0.581. The first-order valence-electron chi connectivity index (χ1n) is 5.55. The Bertz CT molecular complexity index is 356. The zero-order valence-electron chi connectivity index (χ0n) is 10.0. The molecule has 2 unspecified atom stereocenters. The Balaban J connectivity index is 2.80. The molecule has 1 rings (SSSR count). The standard InChI is InChI=1S/C12H18F2N2O/c1-3-12(17-2)11(16-15)6-8-4-5-9(13)7-10(8)14/h4-5,7,11-12,16H,3,6,15H2,1-2H3. The summed E-state index contributed by atoms with van der Waals surface area (Å²) in [7, 11) is 1.58. The molecule has 0 aliphatic carbocycles. The van der Waals surface area contributed by atoms with E-state index in [1.165, 1.54) is 12.1 Å². The Hall–Kier alpha value is -1.04. The Kier molecular flexibility index (Phi) is 5.47. The topological polar surface area (TPSA) is 47.3 Å². The number of rotatable bonds is 6. The molecule has 0 radical (unpaired) electrons. The van der Waals surface area contributed by atoms with Crippen molar-refractivity contribution in [2.24, 2.45) is 5.84 Å². The van der Waals surface area contributed by atoms with Gasteiger partial charge in [-0.3, -0.25) is 11.3 Å². The van der Waals surface area contributed by atoms with E-state index in [-0.39, 0.29) is 12.1 Å². The maximum atomic E-state index is 13.5. The SMILES string of the molecule is CCC(OC)C(Cc1ccc(F)cc1F)NN. The normalized spacial score (nSPS) is 14.6. The van der Waals surface area contributed by atoms with Gasteiger partial charge in [-0.05, 0) is 24.5 Å². The van der Waals surface area contributed by atoms with Crippen molar-refractivity contribution in [1.82, 2.24) is 5.43 Å². The molecule has 0 bridgehead atoms. The molecule has 0 spiro atoms. The van der Waals surface area contributed by atoms with Gasteiger partial charge in [-0.2, -0.15) is 0 Å². The molecule has 3 N–H and O–H groups in total. The van der Waals surface area contributed by atoms with E-state index in [4.69, 9.17) is 10.6 Å². The van der Waals surface area contributed by atoms with Crippen LogP contribution in [0.3, 0.4) is 0 Å². The zero-order chi connectivity index (χ0) is 12.8. The summed E-state index contributed by atoms with van der Waals surface area (Å²) in [5.74, 6) is 4.29. The third-order valence-corrected chi connectivity index (χ3v) is 2.82. The average Bonchev–Trinajstić information content (AvgIpc) is 2.32. The van der Waals surface area contributed by atoms with E-state index in [1.807, 2.05) is 6.92 Å². The van der Waals surface area contributed by atoms with Gasteiger partial charge >= 0.3 is 0 Å². The van der Waals surface area contributed by atoms with Gasteiger partial charge in [0.15, 0.2) is 0 Å². The number of nitrogens with two attached hydrogens (primary N) is 1. The van der Waals surface area contributed by atoms with Gasteiger partial charge in [0.2, 0.25) is 0 Å². The summed E-state index contributed by atoms with van der Waals surface area (Å²) in [6, 6.07) is 3.33. The predicted molar refractivity (Wildman–Crippen MR) is 62.3 cm³/mol. The van der Waals surface area contributed by atoms with E-state index >= 15 is 0 Å². The molecule has 2 atom stereocenters. The van der Waals surface area contributed by atoms with Crippen LogP contribution in [0, 0.1) is 11.6 Å². The number of ether oxygens (including phenoxy) is 1. The van der Waals surface area contributed by atoms with Crippen molar-refractivity contribution >= 4 is 0 Å². The number of hydrazine groups is 1. The number of hydrogen-bond acceptors (Lipinski definition) is 3. The average molecular weight is 244 g/mol. The number of benzene rings is 1. The molecule has 17 heavy (non-hydrogen) atoms. The van der Waals surface area contributed by atoms with E-state index < -0.39 is 11.6 Å². The van der Waals surface area contributed by atoms with E-state index in [0.29, 0.717) is 12.0 Å². The summed E-state index contributed by atoms with van der Waals surface area (Å²) in [4.78, 5) is 0. The lowest BCUT2D eigenvalue weighted by Gasteiger charge is -2.24. The molecule has 1 aromatic rings. The second kappa shape index (κ2) is 6.64. The molecule has 0 saturated heterocycles. The van der Waals surface area contributed by atoms with Crippen molar-refractivity contribution in [3.8, 4) is 0 Å². The minimum absolute atomic E-state index is 0.107. The third-order valence-electron chi connectivity index (χ3n) is 2.82. The lowest BCUT2D eigenvalue weighted by molar-refractivity contribution is 0.0651. The summed E-state index contributed by atoms with van der Waals surface area (Å²) >= 11 is 0. The van der Waals surface area contributed by atoms with Crippen molar-refractivity contribution in [3.63, 3.8) is 0 Å². The van der Waals surface area contributed by atoms with Crippen LogP contribution in [0.15, 0.2) is 18.2 Å². The molecule has 0 saturated carbocycles. The Morgan fingerprint density at radius 1 is 1.41 bits per heavy atom. The van der Waals surface area contributed by atoms with Gasteiger partial charge in [0, 0.05) is 13.2 Å². The van der Waals surface area contributed by atoms with Crippen molar-refractivity contribution < 1.29 is 13.5 Å². The highest BCUT2D eigenvalue weighted by molar-refractivity contribution is 5.19. The fraction of sp³-hybridized carbons (Fsp3) is 0.500. The maximum Gasteiger partial charge on any atom is 0.129 e. The molecule has 0 aromatic heterocycles. The quantitative estimate of drug-likeness (QED) is 0.592. The molecule has 0 amide bonds. The Morgan fingerprint density at radius 2 is 2.12 bits per heavy atom. The van der Waals surface area contributed by atoms with Gasteiger partial charge in [0.1, 0.15) is 11.6 Å². The molecule has 0 heterocycles. The van der Waals surface area contributed by atoms with Crippen molar-refractivity contribution in [2.45, 2.75) is 31.9 Å². The molecule has 1 aromatic carbocycles. The molecule has 3 nitrogen and oxygen atoms in total. The molecular weight excluding hydrogens is 226 g/mol. The van der Waals surface area contributed by atoms with E-state index in [2.05, 4.69) is 5.43 Å². The number of halogens is 2. The molecular formula is C12H18F2N2O. The van der Waals surface area contributed by atoms with Crippen LogP contribution >= 0.6 is 0 Å². The van der Waals surface area contributed by atoms with Crippen LogP contribution in [0.1, 0.15) is 18.9 Å². The Labute approximate surface area is 99.9 Å². The van der Waals surface area contributed by atoms with E-state index in [1.54, 1.807) is 7.11 Å². The van der Waals surface area contributed by atoms with Crippen LogP contribution in [0.25, 0.3) is 0 Å². The molecule has 0 aliphatic heterocycles. The van der Waals surface area contributed by atoms with Crippen molar-refractivity contribution in [2.75, 3.05) is 7.11 Å². The summed E-state index contributed by atoms with van der Waals surface area (Å²) in [6.45, 7) is 1.96. The van der Waals surface area contributed by atoms with E-state index in [0.717, 1.165) is 12.5 Å². The molecule has 0 aliphatic rings. The summed E-state index contributed by atoms with van der Waals surface area (Å²) in [6.07, 6.45) is 1.01. The highest BCUT2D eigenvalue weighted by Gasteiger charge is 2.20. The molecule has 5 heteroatoms. The van der Waals surface area contributed by atoms with Gasteiger partial charge in [0.25, 0.3) is 0 Å². The van der Waals surface area contributed by atoms with Gasteiger partial charge in [-0.15, -0.1) is 0 Å². The van der Waals surface area contributed by atoms with Crippen LogP contribution in [0.5, 0.6) is 0 Å². The number of hydrogen-bond donors (Lipinski definition) is 2. The first-order valence-corrected chi connectivity index (χ1v) is 5.55. The zero-order valence-corrected chi connectivity index (χ0v) is 10.0. The van der Waals surface area contributed by atoms with E-state index in [9.17, 15) is 8.78 Å². The number of methoxy groups -OCH3 is 1. The van der Waals surface area contributed by atoms with Gasteiger partial charge in [-0.25, -0.2) is 8.78 Å². The van der Waals surface area contributed by atoms with Crippen LogP contribution in [0.4, 0.5) is 8.78 Å². The van der Waals surface area contributed by atoms with Gasteiger partial charge in [0.05, 0.1) is 12.1 Å². The maximum absolute atomic E-state index is 13.5. The molecule has 0 fully saturated rings. The minimum Gasteiger partial charge on any atom is -0.380 e. The second-order valence-corrected chi connectivity index (χ2v) is 3.90. The molecule has 96 valence electrons. The number of nitrogens with one attached hydrogen (secondary N) is 1. The summed E-state index contributed by atoms with van der Waals surface area (Å²) in [5, 5.41) is 0. The van der Waals surface area contributed by atoms with Crippen LogP contribution < -0.4 is 11.3 Å². The fourth-order valence-electron chi connectivity index (χ4n) is 1.84. The highest BCUT2D eigenvalue weighted by Crippen LogP contribution is 2.14. The predicted octanol–water partition coefficient (Wildman–Crippen LogP) is 1.76. The van der Waals surface area contributed by atoms with Crippen LogP contribution in [-0.2, 0) is 11.2 Å². The first-order chi connectivity index (χ1) is 8.12. The van der Waals surface area contributed by atoms with Crippen molar-refractivity contribution in [1.29, 1.82) is 0 Å². The smallest absolute Gasteiger partial charge is 0.129 e.